The fourth-order valence-electron chi connectivity index (χ4n) is 0.733. The smallest absolute Gasteiger partial charge is 0.451 e. The van der Waals surface area contributed by atoms with Crippen molar-refractivity contribution >= 4 is 16.5 Å². The van der Waals surface area contributed by atoms with Crippen molar-refractivity contribution in [2.45, 2.75) is 25.4 Å². The number of sulfonamides is 1. The average Bonchev–Trinajstić information content (AvgIpc) is 2.01. The van der Waals surface area contributed by atoms with E-state index in [1.807, 2.05) is 0 Å². The Morgan fingerprint density at radius 3 is 2.13 bits per heavy atom. The zero-order chi connectivity index (χ0) is 12.3. The Morgan fingerprint density at radius 2 is 1.87 bits per heavy atom. The van der Waals surface area contributed by atoms with Gasteiger partial charge in [0.15, 0.2) is 6.73 Å². The van der Waals surface area contributed by atoms with Crippen LogP contribution in [0.15, 0.2) is 0 Å². The third-order valence-electron chi connectivity index (χ3n) is 1.45. The molecule has 0 saturated heterocycles. The van der Waals surface area contributed by atoms with Gasteiger partial charge in [0.05, 0.1) is 0 Å². The van der Waals surface area contributed by atoms with Gasteiger partial charge in [-0.2, -0.15) is 17.5 Å². The van der Waals surface area contributed by atoms with E-state index in [4.69, 9.17) is 0 Å². The molecule has 0 fully saturated rings. The molecule has 0 aliphatic heterocycles. The molecule has 0 aliphatic rings. The second kappa shape index (κ2) is 4.79. The Bertz CT molecular complexity index is 311. The Labute approximate surface area is 84.9 Å². The van der Waals surface area contributed by atoms with Crippen LogP contribution in [0.5, 0.6) is 0 Å². The van der Waals surface area contributed by atoms with Gasteiger partial charge in [-0.1, -0.05) is 0 Å². The molecule has 0 bridgehead atoms. The normalized spacial score (nSPS) is 13.3. The molecule has 0 heterocycles. The number of carbonyl (C=O) groups excluding carboxylic acids is 1. The molecule has 0 rings (SSSR count). The van der Waals surface area contributed by atoms with E-state index in [2.05, 4.69) is 4.74 Å². The standard InChI is InChI=1S/C6H10F3NO4S/c1-5(2)10(3-14-4-11)15(12,13)6(7,8)9/h4-5H,3H2,1-2H3. The van der Waals surface area contributed by atoms with Gasteiger partial charge in [-0.05, 0) is 13.8 Å². The van der Waals surface area contributed by atoms with E-state index >= 15 is 0 Å². The van der Waals surface area contributed by atoms with Crippen LogP contribution in [-0.4, -0.2) is 37.5 Å². The van der Waals surface area contributed by atoms with Crippen LogP contribution in [0.4, 0.5) is 13.2 Å². The van der Waals surface area contributed by atoms with Gasteiger partial charge in [-0.15, -0.1) is 0 Å². The first-order valence-corrected chi connectivity index (χ1v) is 5.22. The van der Waals surface area contributed by atoms with Crippen LogP contribution in [0.2, 0.25) is 0 Å². The van der Waals surface area contributed by atoms with Gasteiger partial charge in [0.25, 0.3) is 6.47 Å². The summed E-state index contributed by atoms with van der Waals surface area (Å²) in [6.07, 6.45) is 0. The molecule has 0 aromatic heterocycles. The fourth-order valence-corrected chi connectivity index (χ4v) is 1.75. The number of alkyl halides is 3. The zero-order valence-corrected chi connectivity index (χ0v) is 8.80. The average molecular weight is 249 g/mol. The SMILES string of the molecule is CC(C)N(COC=O)S(=O)(=O)C(F)(F)F. The predicted molar refractivity (Wildman–Crippen MR) is 44.0 cm³/mol. The van der Waals surface area contributed by atoms with Crippen molar-refractivity contribution in [3.8, 4) is 0 Å². The van der Waals surface area contributed by atoms with Gasteiger partial charge in [0.2, 0.25) is 0 Å². The van der Waals surface area contributed by atoms with Gasteiger partial charge >= 0.3 is 15.5 Å². The van der Waals surface area contributed by atoms with E-state index in [9.17, 15) is 26.4 Å². The maximum absolute atomic E-state index is 12.1. The quantitative estimate of drug-likeness (QED) is 0.531. The van der Waals surface area contributed by atoms with Crippen LogP contribution < -0.4 is 0 Å². The molecule has 9 heteroatoms. The summed E-state index contributed by atoms with van der Waals surface area (Å²) in [7, 11) is -5.46. The van der Waals surface area contributed by atoms with Crippen molar-refractivity contribution in [1.82, 2.24) is 4.31 Å². The summed E-state index contributed by atoms with van der Waals surface area (Å²) in [5.74, 6) is 0. The Morgan fingerprint density at radius 1 is 1.40 bits per heavy atom. The predicted octanol–water partition coefficient (Wildman–Crippen LogP) is 0.677. The van der Waals surface area contributed by atoms with Crippen LogP contribution in [0.25, 0.3) is 0 Å². The molecule has 0 saturated carbocycles. The van der Waals surface area contributed by atoms with Crippen molar-refractivity contribution in [2.75, 3.05) is 6.73 Å². The van der Waals surface area contributed by atoms with Crippen molar-refractivity contribution in [1.29, 1.82) is 0 Å². The van der Waals surface area contributed by atoms with E-state index < -0.39 is 28.3 Å². The van der Waals surface area contributed by atoms with Crippen LogP contribution in [0.1, 0.15) is 13.8 Å². The summed E-state index contributed by atoms with van der Waals surface area (Å²) in [4.78, 5) is 9.78. The molecule has 0 aromatic rings. The molecule has 90 valence electrons. The number of hydrogen-bond donors (Lipinski definition) is 0. The number of halogens is 3. The van der Waals surface area contributed by atoms with Gasteiger partial charge in [-0.25, -0.2) is 8.42 Å². The number of hydrogen-bond acceptors (Lipinski definition) is 4. The summed E-state index contributed by atoms with van der Waals surface area (Å²) >= 11 is 0. The fraction of sp³-hybridized carbons (Fsp3) is 0.833. The lowest BCUT2D eigenvalue weighted by Crippen LogP contribution is -2.45. The molecular weight excluding hydrogens is 239 g/mol. The number of ether oxygens (including phenoxy) is 1. The van der Waals surface area contributed by atoms with Gasteiger partial charge in [0, 0.05) is 6.04 Å². The molecule has 0 radical (unpaired) electrons. The molecular formula is C6H10F3NO4S. The molecule has 0 unspecified atom stereocenters. The van der Waals surface area contributed by atoms with E-state index in [0.717, 1.165) is 0 Å². The van der Waals surface area contributed by atoms with Crippen LogP contribution >= 0.6 is 0 Å². The summed E-state index contributed by atoms with van der Waals surface area (Å²) in [6, 6.07) is -0.962. The lowest BCUT2D eigenvalue weighted by Gasteiger charge is -2.25. The van der Waals surface area contributed by atoms with E-state index in [-0.39, 0.29) is 10.8 Å². The molecule has 0 N–H and O–H groups in total. The largest absolute Gasteiger partial charge is 0.511 e. The first-order valence-electron chi connectivity index (χ1n) is 3.78. The minimum Gasteiger partial charge on any atom is -0.451 e. The van der Waals surface area contributed by atoms with Gasteiger partial charge < -0.3 is 4.74 Å². The second-order valence-corrected chi connectivity index (χ2v) is 4.71. The van der Waals surface area contributed by atoms with Crippen molar-refractivity contribution in [3.63, 3.8) is 0 Å². The molecule has 0 spiro atoms. The van der Waals surface area contributed by atoms with Gasteiger partial charge in [0.1, 0.15) is 0 Å². The molecule has 0 amide bonds. The zero-order valence-electron chi connectivity index (χ0n) is 7.98. The lowest BCUT2D eigenvalue weighted by atomic mass is 10.4. The Kier molecular flexibility index (Phi) is 4.53. The number of rotatable bonds is 5. The minimum absolute atomic E-state index is 0.0431. The molecule has 0 aliphatic carbocycles. The summed E-state index contributed by atoms with van der Waals surface area (Å²) in [5.41, 5.74) is -5.40. The summed E-state index contributed by atoms with van der Waals surface area (Å²) in [6.45, 7) is 1.39. The Hall–Kier alpha value is -0.830. The Balaban J connectivity index is 5.00. The highest BCUT2D eigenvalue weighted by atomic mass is 32.2. The van der Waals surface area contributed by atoms with Crippen molar-refractivity contribution < 1.29 is 31.1 Å². The number of nitrogens with zero attached hydrogens (tertiary/aromatic N) is 1. The highest BCUT2D eigenvalue weighted by molar-refractivity contribution is 7.90. The van der Waals surface area contributed by atoms with Crippen molar-refractivity contribution in [3.05, 3.63) is 0 Å². The van der Waals surface area contributed by atoms with E-state index in [0.29, 0.717) is 0 Å². The first kappa shape index (κ1) is 14.2. The lowest BCUT2D eigenvalue weighted by molar-refractivity contribution is -0.132. The summed E-state index contributed by atoms with van der Waals surface area (Å²) < 4.78 is 62.1. The molecule has 15 heavy (non-hydrogen) atoms. The maximum Gasteiger partial charge on any atom is 0.511 e. The van der Waals surface area contributed by atoms with Crippen LogP contribution in [0, 0.1) is 0 Å². The third-order valence-corrected chi connectivity index (χ3v) is 3.18. The second-order valence-electron chi connectivity index (χ2n) is 2.82. The minimum atomic E-state index is -5.46. The van der Waals surface area contributed by atoms with Crippen LogP contribution in [0.3, 0.4) is 0 Å². The van der Waals surface area contributed by atoms with E-state index in [1.165, 1.54) is 13.8 Å². The molecule has 5 nitrogen and oxygen atoms in total. The monoisotopic (exact) mass is 249 g/mol. The number of carbonyl (C=O) groups is 1. The summed E-state index contributed by atoms with van der Waals surface area (Å²) in [5, 5.41) is 0. The maximum atomic E-state index is 12.1. The van der Waals surface area contributed by atoms with Crippen molar-refractivity contribution in [2.24, 2.45) is 0 Å². The van der Waals surface area contributed by atoms with E-state index in [1.54, 1.807) is 0 Å². The molecule has 0 aromatic carbocycles. The third kappa shape index (κ3) is 3.34. The topological polar surface area (TPSA) is 63.7 Å². The highest BCUT2D eigenvalue weighted by Crippen LogP contribution is 2.27. The first-order chi connectivity index (χ1) is 6.64. The van der Waals surface area contributed by atoms with Gasteiger partial charge in [-0.3, -0.25) is 4.79 Å². The molecule has 0 atom stereocenters. The van der Waals surface area contributed by atoms with Crippen LogP contribution in [-0.2, 0) is 19.6 Å². The highest BCUT2D eigenvalue weighted by Gasteiger charge is 2.50.